The zero-order chi connectivity index (χ0) is 73.7. The first kappa shape index (κ1) is 82.1. The molecule has 3 heterocycles. The number of carboxylic acid groups (broad SMARTS) is 1. The van der Waals surface area contributed by atoms with Gasteiger partial charge in [-0.05, 0) is 121 Å². The van der Waals surface area contributed by atoms with Gasteiger partial charge in [-0.15, -0.1) is 0 Å². The number of ether oxygens (including phenoxy) is 4. The number of aliphatic hydroxyl groups excluding tert-OH is 1. The second-order valence-corrected chi connectivity index (χ2v) is 27.2. The number of hydrogen-bond donors (Lipinski definition) is 8. The molecular formula is C68H106N10O20. The number of fused-ring (bicyclic) bond motifs is 1. The highest BCUT2D eigenvalue weighted by Crippen LogP contribution is 2.28. The second kappa shape index (κ2) is 38.2. The van der Waals surface area contributed by atoms with Gasteiger partial charge in [0.25, 0.3) is 5.91 Å². The number of Topliss-reactive ketones (excluding diaryl/α,β-unsaturated/α-hetero) is 1. The van der Waals surface area contributed by atoms with Crippen LogP contribution in [0.25, 0.3) is 0 Å². The number of likely N-dealkylation sites (N-methyl/N-ethyl adjacent to an activating group) is 3. The first-order valence-corrected chi connectivity index (χ1v) is 34.0. The Balaban J connectivity index is 1.81. The van der Waals surface area contributed by atoms with E-state index in [1.165, 1.54) is 58.8 Å². The van der Waals surface area contributed by atoms with Gasteiger partial charge in [0.15, 0.2) is 18.0 Å². The zero-order valence-electron chi connectivity index (χ0n) is 59.4. The lowest BCUT2D eigenvalue weighted by Crippen LogP contribution is -2.62. The van der Waals surface area contributed by atoms with Gasteiger partial charge in [-0.3, -0.25) is 57.5 Å². The number of aliphatic carboxylic acids is 1. The number of carbonyl (C=O) groups excluding carboxylic acids is 13. The third-order valence-electron chi connectivity index (χ3n) is 18.4. The summed E-state index contributed by atoms with van der Waals surface area (Å²) < 4.78 is 22.8. The second-order valence-electron chi connectivity index (χ2n) is 27.2. The minimum atomic E-state index is -1.88. The third kappa shape index (κ3) is 22.9. The molecule has 0 saturated carbocycles. The van der Waals surface area contributed by atoms with E-state index >= 15 is 19.2 Å². The highest BCUT2D eigenvalue weighted by Gasteiger charge is 2.47. The molecule has 15 atom stereocenters. The molecule has 3 aliphatic heterocycles. The molecule has 30 heteroatoms. The predicted molar refractivity (Wildman–Crippen MR) is 354 cm³/mol. The van der Waals surface area contributed by atoms with Crippen molar-refractivity contribution in [2.45, 2.75) is 238 Å². The lowest BCUT2D eigenvalue weighted by Gasteiger charge is -2.36. The van der Waals surface area contributed by atoms with Crippen molar-refractivity contribution < 1.29 is 96.3 Å². The number of cyclic esters (lactones) is 2. The molecule has 0 radical (unpaired) electrons. The molecule has 3 saturated heterocycles. The molecule has 4 rings (SSSR count). The van der Waals surface area contributed by atoms with Crippen molar-refractivity contribution in [3.63, 3.8) is 0 Å². The number of hydrogen-bond acceptors (Lipinski definition) is 20. The number of carbonyl (C=O) groups is 14. The van der Waals surface area contributed by atoms with Gasteiger partial charge in [0.05, 0.1) is 37.6 Å². The van der Waals surface area contributed by atoms with E-state index in [4.69, 9.17) is 24.7 Å². The van der Waals surface area contributed by atoms with E-state index in [0.717, 1.165) is 9.80 Å². The van der Waals surface area contributed by atoms with E-state index in [2.05, 4.69) is 26.6 Å². The average molecular weight is 1380 g/mol. The first-order chi connectivity index (χ1) is 46.0. The predicted octanol–water partition coefficient (Wildman–Crippen LogP) is 1.07. The summed E-state index contributed by atoms with van der Waals surface area (Å²) in [7, 11) is 5.57. The minimum absolute atomic E-state index is 0.00880. The number of rotatable bonds is 26. The number of carboxylic acids is 1. The van der Waals surface area contributed by atoms with Crippen LogP contribution in [-0.4, -0.2) is 233 Å². The summed E-state index contributed by atoms with van der Waals surface area (Å²) in [5.74, 6) is -15.4. The number of nitrogens with one attached hydrogen (secondary N) is 5. The quantitative estimate of drug-likeness (QED) is 0.0365. The summed E-state index contributed by atoms with van der Waals surface area (Å²) >= 11 is 0. The number of esters is 3. The Labute approximate surface area is 573 Å². The molecule has 3 fully saturated rings. The van der Waals surface area contributed by atoms with Crippen LogP contribution in [-0.2, 0) is 87.8 Å². The van der Waals surface area contributed by atoms with Crippen molar-refractivity contribution in [3.8, 4) is 5.75 Å². The Morgan fingerprint density at radius 1 is 0.816 bits per heavy atom. The minimum Gasteiger partial charge on any atom is -0.497 e. The largest absolute Gasteiger partial charge is 0.497 e. The standard InChI is InChI=1S/C68H106N10O20/c1-16-38(8)55-51(79)34-54(83)98-58(37(6)7)57(84)39(9)59(85)72-46(31-35(2)3)64(90)78-30-18-20-48(78)66(92)76(14)50(33-42-21-23-43(95-15)24-22-42)68(94)96-40(10)56(62(88)73-55)74-61(87)49(32-36(4)5)75(13)65(91)47-19-17-29-77(47)63(89)41(11)97-67(93)45(26-28-53(81)82)71-60(86)44(70-12)25-27-52(69)80/h21-24,35-41,44-51,55-56,58,70,79H,16-20,25-34H2,1-15H3,(H2,69,80)(H,71,86)(H,72,85)(H,73,88)(H,74,87)(H,81,82). The van der Waals surface area contributed by atoms with Crippen molar-refractivity contribution in [1.29, 1.82) is 0 Å². The van der Waals surface area contributed by atoms with E-state index in [1.54, 1.807) is 65.8 Å². The number of ketones is 1. The highest BCUT2D eigenvalue weighted by atomic mass is 16.6. The van der Waals surface area contributed by atoms with Gasteiger partial charge < -0.3 is 81.1 Å². The van der Waals surface area contributed by atoms with Crippen LogP contribution in [0.3, 0.4) is 0 Å². The molecule has 548 valence electrons. The molecule has 9 N–H and O–H groups in total. The van der Waals surface area contributed by atoms with Gasteiger partial charge in [-0.2, -0.15) is 0 Å². The average Bonchev–Trinajstić information content (AvgIpc) is 1.54. The number of likely N-dealkylation sites (tertiary alicyclic amines) is 1. The third-order valence-corrected chi connectivity index (χ3v) is 18.4. The molecule has 3 aliphatic rings. The molecule has 0 spiro atoms. The maximum atomic E-state index is 15.3. The van der Waals surface area contributed by atoms with Gasteiger partial charge in [-0.1, -0.05) is 73.9 Å². The maximum Gasteiger partial charge on any atom is 0.329 e. The number of methoxy groups -OCH3 is 1. The van der Waals surface area contributed by atoms with Gasteiger partial charge >= 0.3 is 23.9 Å². The molecule has 30 nitrogen and oxygen atoms in total. The molecule has 1 aromatic carbocycles. The normalized spacial score (nSPS) is 25.1. The Kier molecular flexibility index (Phi) is 32.0. The summed E-state index contributed by atoms with van der Waals surface area (Å²) in [4.78, 5) is 202. The van der Waals surface area contributed by atoms with Crippen LogP contribution in [0, 0.1) is 29.6 Å². The number of primary amides is 1. The fourth-order valence-corrected chi connectivity index (χ4v) is 12.3. The van der Waals surface area contributed by atoms with Crippen LogP contribution >= 0.6 is 0 Å². The zero-order valence-corrected chi connectivity index (χ0v) is 59.4. The van der Waals surface area contributed by atoms with Gasteiger partial charge in [0, 0.05) is 46.4 Å². The monoisotopic (exact) mass is 1380 g/mol. The maximum absolute atomic E-state index is 15.3. The van der Waals surface area contributed by atoms with Crippen LogP contribution in [0.4, 0.5) is 0 Å². The fourth-order valence-electron chi connectivity index (χ4n) is 12.3. The van der Waals surface area contributed by atoms with Gasteiger partial charge in [0.2, 0.25) is 47.3 Å². The molecule has 0 bridgehead atoms. The summed E-state index contributed by atoms with van der Waals surface area (Å²) in [6.07, 6.45) is -7.54. The van der Waals surface area contributed by atoms with Gasteiger partial charge in [0.1, 0.15) is 54.1 Å². The molecule has 98 heavy (non-hydrogen) atoms. The number of amides is 9. The van der Waals surface area contributed by atoms with E-state index < -0.39 is 199 Å². The van der Waals surface area contributed by atoms with E-state index in [9.17, 15) is 58.2 Å². The Morgan fingerprint density at radius 3 is 2.02 bits per heavy atom. The fraction of sp³-hybridized carbons (Fsp3) is 0.706. The van der Waals surface area contributed by atoms with E-state index in [0.29, 0.717) is 24.2 Å². The lowest BCUT2D eigenvalue weighted by molar-refractivity contribution is -0.163. The summed E-state index contributed by atoms with van der Waals surface area (Å²) in [6, 6.07) is -5.69. The van der Waals surface area contributed by atoms with Crippen LogP contribution in [0.5, 0.6) is 5.75 Å². The van der Waals surface area contributed by atoms with Crippen molar-refractivity contribution >= 4 is 82.8 Å². The molecule has 1 aromatic rings. The van der Waals surface area contributed by atoms with Crippen LogP contribution in [0.2, 0.25) is 0 Å². The Hall–Kier alpha value is -8.28. The summed E-state index contributed by atoms with van der Waals surface area (Å²) in [6.45, 7) is 17.7. The number of nitrogens with two attached hydrogens (primary N) is 1. The van der Waals surface area contributed by atoms with Crippen molar-refractivity contribution in [3.05, 3.63) is 29.8 Å². The molecule has 0 aromatic heterocycles. The topological polar surface area (TPSA) is 415 Å². The van der Waals surface area contributed by atoms with E-state index in [1.807, 2.05) is 13.8 Å². The molecular weight excluding hydrogens is 1280 g/mol. The SMILES string of the molecule is CCC(C)C1NC(=O)C(NC(=O)C(CC(C)C)N(C)C(=O)C2CCCN2C(=O)C(C)OC(=O)C(CCC(=O)O)NC(=O)C(CCC(N)=O)NC)C(C)OC(=O)C(Cc2ccc(OC)cc2)N(C)C(=O)C2CCCN2C(=O)C(CC(C)C)NC(=O)C(C)C(=O)C(C(C)C)OC(=O)CC1O. The first-order valence-electron chi connectivity index (χ1n) is 34.0. The number of aliphatic hydroxyl groups is 1. The molecule has 15 unspecified atom stereocenters. The van der Waals surface area contributed by atoms with Crippen LogP contribution in [0.15, 0.2) is 24.3 Å². The van der Waals surface area contributed by atoms with Crippen LogP contribution in [0.1, 0.15) is 159 Å². The summed E-state index contributed by atoms with van der Waals surface area (Å²) in [5.41, 5.74) is 5.78. The molecule has 9 amide bonds. The van der Waals surface area contributed by atoms with E-state index in [-0.39, 0.29) is 76.3 Å². The number of benzene rings is 1. The summed E-state index contributed by atoms with van der Waals surface area (Å²) in [5, 5.41) is 34.8. The van der Waals surface area contributed by atoms with Crippen molar-refractivity contribution in [2.24, 2.45) is 35.3 Å². The highest BCUT2D eigenvalue weighted by molar-refractivity contribution is 6.05. The smallest absolute Gasteiger partial charge is 0.329 e. The number of nitrogens with zero attached hydrogens (tertiary/aromatic N) is 4. The Bertz CT molecular complexity index is 3000. The van der Waals surface area contributed by atoms with Crippen LogP contribution < -0.4 is 37.1 Å². The van der Waals surface area contributed by atoms with Crippen molar-refractivity contribution in [1.82, 2.24) is 46.2 Å². The van der Waals surface area contributed by atoms with Crippen molar-refractivity contribution in [2.75, 3.05) is 41.3 Å². The lowest BCUT2D eigenvalue weighted by atomic mass is 9.91. The Morgan fingerprint density at radius 2 is 1.45 bits per heavy atom. The molecule has 0 aliphatic carbocycles. The van der Waals surface area contributed by atoms with Gasteiger partial charge in [-0.25, -0.2) is 9.59 Å².